The third-order valence-corrected chi connectivity index (χ3v) is 3.11. The molecule has 2 rings (SSSR count). The number of benzene rings is 1. The third kappa shape index (κ3) is 3.05. The van der Waals surface area contributed by atoms with Crippen molar-refractivity contribution in [3.05, 3.63) is 45.9 Å². The summed E-state index contributed by atoms with van der Waals surface area (Å²) in [6.45, 7) is 4.17. The van der Waals surface area contributed by atoms with Crippen molar-refractivity contribution in [1.29, 1.82) is 0 Å². The zero-order chi connectivity index (χ0) is 12.3. The molecule has 0 unspecified atom stereocenters. The molecule has 4 heteroatoms. The molecule has 2 aromatic rings. The Hall–Kier alpha value is -1.39. The van der Waals surface area contributed by atoms with Gasteiger partial charge in [0.15, 0.2) is 0 Å². The lowest BCUT2D eigenvalue weighted by Crippen LogP contribution is -2.01. The lowest BCUT2D eigenvalue weighted by atomic mass is 10.1. The Balaban J connectivity index is 2.14. The highest BCUT2D eigenvalue weighted by atomic mass is 32.1. The Kier molecular flexibility index (Phi) is 3.76. The lowest BCUT2D eigenvalue weighted by Gasteiger charge is -2.13. The predicted octanol–water partition coefficient (Wildman–Crippen LogP) is 3.08. The Morgan fingerprint density at radius 3 is 2.94 bits per heavy atom. The Bertz CT molecular complexity index is 480. The highest BCUT2D eigenvalue weighted by molar-refractivity contribution is 7.07. The summed E-state index contributed by atoms with van der Waals surface area (Å²) in [5, 5.41) is 11.6. The monoisotopic (exact) mass is 249 g/mol. The van der Waals surface area contributed by atoms with Crippen molar-refractivity contribution in [1.82, 2.24) is 4.98 Å². The minimum Gasteiger partial charge on any atom is -0.487 e. The van der Waals surface area contributed by atoms with E-state index in [4.69, 9.17) is 4.74 Å². The lowest BCUT2D eigenvalue weighted by molar-refractivity contribution is 0.190. The number of aliphatic hydroxyl groups excluding tert-OH is 1. The van der Waals surface area contributed by atoms with Crippen LogP contribution in [0.2, 0.25) is 0 Å². The first-order valence-corrected chi connectivity index (χ1v) is 6.39. The van der Waals surface area contributed by atoms with Crippen LogP contribution in [0, 0.1) is 6.92 Å². The molecule has 0 saturated carbocycles. The number of nitrogens with zero attached hydrogens (tertiary/aromatic N) is 1. The molecule has 1 aromatic heterocycles. The van der Waals surface area contributed by atoms with Crippen molar-refractivity contribution in [2.75, 3.05) is 0 Å². The van der Waals surface area contributed by atoms with Crippen LogP contribution in [-0.4, -0.2) is 10.1 Å². The van der Waals surface area contributed by atoms with Gasteiger partial charge >= 0.3 is 0 Å². The largest absolute Gasteiger partial charge is 0.487 e. The second-order valence-corrected chi connectivity index (χ2v) is 4.70. The van der Waals surface area contributed by atoms with Crippen molar-refractivity contribution in [3.63, 3.8) is 0 Å². The van der Waals surface area contributed by atoms with Gasteiger partial charge in [-0.15, -0.1) is 11.3 Å². The van der Waals surface area contributed by atoms with Gasteiger partial charge in [-0.25, -0.2) is 4.98 Å². The summed E-state index contributed by atoms with van der Waals surface area (Å²) in [6, 6.07) is 5.81. The van der Waals surface area contributed by atoms with E-state index in [1.165, 1.54) is 0 Å². The first-order chi connectivity index (χ1) is 8.16. The van der Waals surface area contributed by atoms with Gasteiger partial charge < -0.3 is 9.84 Å². The summed E-state index contributed by atoms with van der Waals surface area (Å²) in [5.41, 5.74) is 4.62. The number of aromatic nitrogens is 1. The molecule has 0 saturated heterocycles. The number of rotatable bonds is 4. The zero-order valence-corrected chi connectivity index (χ0v) is 10.7. The summed E-state index contributed by atoms with van der Waals surface area (Å²) in [4.78, 5) is 4.15. The van der Waals surface area contributed by atoms with Crippen molar-refractivity contribution in [2.24, 2.45) is 0 Å². The van der Waals surface area contributed by atoms with Gasteiger partial charge in [0.25, 0.3) is 0 Å². The van der Waals surface area contributed by atoms with E-state index in [0.717, 1.165) is 22.6 Å². The molecule has 0 bridgehead atoms. The average molecular weight is 249 g/mol. The van der Waals surface area contributed by atoms with Crippen LogP contribution >= 0.6 is 11.3 Å². The van der Waals surface area contributed by atoms with E-state index < -0.39 is 6.10 Å². The summed E-state index contributed by atoms with van der Waals surface area (Å²) < 4.78 is 5.68. The molecule has 1 aromatic carbocycles. The first kappa shape index (κ1) is 12.1. The maximum absolute atomic E-state index is 9.69. The summed E-state index contributed by atoms with van der Waals surface area (Å²) >= 11 is 1.55. The fourth-order valence-electron chi connectivity index (χ4n) is 1.59. The molecule has 90 valence electrons. The van der Waals surface area contributed by atoms with Gasteiger partial charge in [0.1, 0.15) is 12.4 Å². The summed E-state index contributed by atoms with van der Waals surface area (Å²) in [6.07, 6.45) is -0.527. The number of aliphatic hydroxyl groups is 1. The third-order valence-electron chi connectivity index (χ3n) is 2.47. The molecule has 3 nitrogen and oxygen atoms in total. The van der Waals surface area contributed by atoms with Crippen LogP contribution in [0.4, 0.5) is 0 Å². The second kappa shape index (κ2) is 5.29. The van der Waals surface area contributed by atoms with Crippen LogP contribution in [0.5, 0.6) is 5.75 Å². The minimum absolute atomic E-state index is 0.437. The van der Waals surface area contributed by atoms with Gasteiger partial charge in [-0.1, -0.05) is 11.6 Å². The number of thiazole rings is 1. The van der Waals surface area contributed by atoms with E-state index in [-0.39, 0.29) is 0 Å². The molecule has 0 aliphatic rings. The van der Waals surface area contributed by atoms with Gasteiger partial charge in [-0.2, -0.15) is 0 Å². The SMILES string of the molecule is Cc1ccc(OCc2cscn2)c([C@H](C)O)c1. The van der Waals surface area contributed by atoms with E-state index >= 15 is 0 Å². The average Bonchev–Trinajstić information content (AvgIpc) is 2.80. The van der Waals surface area contributed by atoms with E-state index in [1.807, 2.05) is 30.5 Å². The summed E-state index contributed by atoms with van der Waals surface area (Å²) in [7, 11) is 0. The van der Waals surface area contributed by atoms with Crippen LogP contribution in [0.3, 0.4) is 0 Å². The van der Waals surface area contributed by atoms with Crippen LogP contribution in [0.1, 0.15) is 29.8 Å². The normalized spacial score (nSPS) is 12.4. The van der Waals surface area contributed by atoms with Crippen LogP contribution in [0.25, 0.3) is 0 Å². The van der Waals surface area contributed by atoms with Gasteiger partial charge in [-0.05, 0) is 26.0 Å². The molecule has 1 atom stereocenters. The van der Waals surface area contributed by atoms with Crippen LogP contribution in [-0.2, 0) is 6.61 Å². The van der Waals surface area contributed by atoms with E-state index in [9.17, 15) is 5.11 Å². The van der Waals surface area contributed by atoms with Gasteiger partial charge in [0.2, 0.25) is 0 Å². The molecule has 17 heavy (non-hydrogen) atoms. The van der Waals surface area contributed by atoms with Crippen molar-refractivity contribution < 1.29 is 9.84 Å². The van der Waals surface area contributed by atoms with Gasteiger partial charge in [0, 0.05) is 10.9 Å². The van der Waals surface area contributed by atoms with E-state index in [0.29, 0.717) is 6.61 Å². The Morgan fingerprint density at radius 1 is 1.47 bits per heavy atom. The molecule has 0 aliphatic carbocycles. The molecule has 1 heterocycles. The molecular formula is C13H15NO2S. The van der Waals surface area contributed by atoms with Crippen LogP contribution in [0.15, 0.2) is 29.1 Å². The van der Waals surface area contributed by atoms with Crippen LogP contribution < -0.4 is 4.74 Å². The highest BCUT2D eigenvalue weighted by Gasteiger charge is 2.09. The molecule has 0 amide bonds. The Labute approximate surface area is 105 Å². The quantitative estimate of drug-likeness (QED) is 0.905. The number of hydrogen-bond donors (Lipinski definition) is 1. The van der Waals surface area contributed by atoms with E-state index in [1.54, 1.807) is 23.8 Å². The zero-order valence-electron chi connectivity index (χ0n) is 9.88. The fraction of sp³-hybridized carbons (Fsp3) is 0.308. The molecule has 0 aliphatic heterocycles. The number of hydrogen-bond acceptors (Lipinski definition) is 4. The van der Waals surface area contributed by atoms with Crippen molar-refractivity contribution in [2.45, 2.75) is 26.6 Å². The van der Waals surface area contributed by atoms with Crippen molar-refractivity contribution in [3.8, 4) is 5.75 Å². The smallest absolute Gasteiger partial charge is 0.131 e. The summed E-state index contributed by atoms with van der Waals surface area (Å²) in [5.74, 6) is 0.721. The second-order valence-electron chi connectivity index (χ2n) is 3.99. The predicted molar refractivity (Wildman–Crippen MR) is 68.3 cm³/mol. The maximum atomic E-state index is 9.69. The molecule has 0 radical (unpaired) electrons. The topological polar surface area (TPSA) is 42.4 Å². The number of ether oxygens (including phenoxy) is 1. The standard InChI is InChI=1S/C13H15NO2S/c1-9-3-4-13(12(5-9)10(2)15)16-6-11-7-17-8-14-11/h3-5,7-8,10,15H,6H2,1-2H3/t10-/m0/s1. The fourth-order valence-corrected chi connectivity index (χ4v) is 2.13. The first-order valence-electron chi connectivity index (χ1n) is 5.45. The van der Waals surface area contributed by atoms with Crippen molar-refractivity contribution >= 4 is 11.3 Å². The van der Waals surface area contributed by atoms with Gasteiger partial charge in [-0.3, -0.25) is 0 Å². The molecule has 1 N–H and O–H groups in total. The van der Waals surface area contributed by atoms with E-state index in [2.05, 4.69) is 4.98 Å². The Morgan fingerprint density at radius 2 is 2.29 bits per heavy atom. The van der Waals surface area contributed by atoms with Gasteiger partial charge in [0.05, 0.1) is 17.3 Å². The molecular weight excluding hydrogens is 234 g/mol. The molecule has 0 spiro atoms. The minimum atomic E-state index is -0.527. The number of aryl methyl sites for hydroxylation is 1. The molecule has 0 fully saturated rings. The maximum Gasteiger partial charge on any atom is 0.131 e. The highest BCUT2D eigenvalue weighted by Crippen LogP contribution is 2.26.